The highest BCUT2D eigenvalue weighted by atomic mass is 79.9. The third kappa shape index (κ3) is 5.69. The Morgan fingerprint density at radius 3 is 2.38 bits per heavy atom. The second-order valence-electron chi connectivity index (χ2n) is 12.6. The fourth-order valence-corrected chi connectivity index (χ4v) is 7.71. The fraction of sp³-hybridized carbons (Fsp3) is 0.250. The lowest BCUT2D eigenvalue weighted by atomic mass is 10.0. The number of rotatable bonds is 7. The minimum atomic E-state index is -1.01. The Bertz CT molecular complexity index is 2180. The number of piperidine rings is 2. The largest absolute Gasteiger partial charge is 0.457 e. The number of carbonyl (C=O) groups excluding carboxylic acids is 4. The second-order valence-corrected chi connectivity index (χ2v) is 13.5. The van der Waals surface area contributed by atoms with Gasteiger partial charge in [-0.3, -0.25) is 34.3 Å². The molecule has 0 radical (unpaired) electrons. The van der Waals surface area contributed by atoms with E-state index in [1.54, 1.807) is 6.07 Å². The van der Waals surface area contributed by atoms with Crippen LogP contribution in [0.2, 0.25) is 0 Å². The zero-order valence-corrected chi connectivity index (χ0v) is 28.3. The van der Waals surface area contributed by atoms with E-state index in [4.69, 9.17) is 15.6 Å². The van der Waals surface area contributed by atoms with Crippen LogP contribution in [0.25, 0.3) is 22.3 Å². The number of amides is 4. The average molecular weight is 736 g/mol. The summed E-state index contributed by atoms with van der Waals surface area (Å²) in [5, 5.41) is 7.98. The normalized spacial score (nSPS) is 18.5. The summed E-state index contributed by atoms with van der Waals surface area (Å²) in [4.78, 5) is 63.0. The van der Waals surface area contributed by atoms with E-state index in [2.05, 4.69) is 36.1 Å². The highest BCUT2D eigenvalue weighted by Gasteiger charge is 2.45. The zero-order valence-electron chi connectivity index (χ0n) is 26.7. The molecule has 14 heteroatoms. The standard InChI is InChI=1S/C36H31BrN8O5/c37-26-17-20(16-25-29(26)36(49)44(35(25)48)27-10-11-28(46)41-34(27)47)18-43-14-12-22(13-15-43)45-33-30(32(38)39-19-40-33)31(42-45)21-6-8-24(9-7-21)50-23-4-2-1-3-5-23/h1-9,16-17,19,22,27H,10-15,18H2,(H2,38,39,40)(H,41,46,47). The van der Waals surface area contributed by atoms with Crippen LogP contribution in [0.15, 0.2) is 77.5 Å². The minimum Gasteiger partial charge on any atom is -0.457 e. The van der Waals surface area contributed by atoms with Crippen molar-refractivity contribution >= 4 is 56.4 Å². The molecule has 3 aliphatic rings. The molecular formula is C36H31BrN8O5. The van der Waals surface area contributed by atoms with Crippen molar-refractivity contribution < 1.29 is 23.9 Å². The first-order valence-electron chi connectivity index (χ1n) is 16.3. The van der Waals surface area contributed by atoms with Gasteiger partial charge >= 0.3 is 0 Å². The van der Waals surface area contributed by atoms with Gasteiger partial charge in [0.15, 0.2) is 5.65 Å². The van der Waals surface area contributed by atoms with Crippen molar-refractivity contribution in [3.63, 3.8) is 0 Å². The van der Waals surface area contributed by atoms with Crippen LogP contribution in [-0.2, 0) is 16.1 Å². The van der Waals surface area contributed by atoms with Crippen molar-refractivity contribution in [2.24, 2.45) is 0 Å². The summed E-state index contributed by atoms with van der Waals surface area (Å²) in [7, 11) is 0. The van der Waals surface area contributed by atoms with E-state index >= 15 is 0 Å². The third-order valence-electron chi connectivity index (χ3n) is 9.49. The molecule has 1 unspecified atom stereocenters. The van der Waals surface area contributed by atoms with Gasteiger partial charge in [-0.15, -0.1) is 0 Å². The van der Waals surface area contributed by atoms with Crippen molar-refractivity contribution in [1.82, 2.24) is 34.9 Å². The number of aromatic nitrogens is 4. The molecule has 3 N–H and O–H groups in total. The van der Waals surface area contributed by atoms with Crippen LogP contribution in [0.4, 0.5) is 5.82 Å². The summed E-state index contributed by atoms with van der Waals surface area (Å²) in [6.45, 7) is 2.09. The monoisotopic (exact) mass is 734 g/mol. The lowest BCUT2D eigenvalue weighted by Gasteiger charge is -2.32. The molecule has 1 atom stereocenters. The Kier molecular flexibility index (Phi) is 8.11. The van der Waals surface area contributed by atoms with Crippen molar-refractivity contribution in [3.05, 3.63) is 94.2 Å². The summed E-state index contributed by atoms with van der Waals surface area (Å²) >= 11 is 3.50. The number of benzene rings is 3. The van der Waals surface area contributed by atoms with E-state index in [1.165, 1.54) is 6.33 Å². The number of carbonyl (C=O) groups is 4. The molecule has 0 bridgehead atoms. The number of nitrogens with one attached hydrogen (secondary N) is 1. The van der Waals surface area contributed by atoms with Crippen LogP contribution in [0.5, 0.6) is 11.5 Å². The summed E-state index contributed by atoms with van der Waals surface area (Å²) in [6, 6.07) is 20.0. The number of ether oxygens (including phenoxy) is 1. The van der Waals surface area contributed by atoms with Gasteiger partial charge in [0, 0.05) is 36.1 Å². The van der Waals surface area contributed by atoms with Crippen LogP contribution in [0, 0.1) is 0 Å². The molecule has 0 saturated carbocycles. The van der Waals surface area contributed by atoms with Gasteiger partial charge in [-0.2, -0.15) is 5.10 Å². The Morgan fingerprint density at radius 1 is 0.900 bits per heavy atom. The Morgan fingerprint density at radius 2 is 1.64 bits per heavy atom. The second kappa shape index (κ2) is 12.8. The molecule has 252 valence electrons. The third-order valence-corrected chi connectivity index (χ3v) is 10.1. The SMILES string of the molecule is Nc1ncnc2c1c(-c1ccc(Oc3ccccc3)cc1)nn2C1CCN(Cc2cc(Br)c3c(c2)C(=O)N(C2CCC(=O)NC2=O)C3=O)CC1. The van der Waals surface area contributed by atoms with Crippen molar-refractivity contribution in [1.29, 1.82) is 0 Å². The maximum Gasteiger partial charge on any atom is 0.263 e. The van der Waals surface area contributed by atoms with Gasteiger partial charge in [0.2, 0.25) is 11.8 Å². The van der Waals surface area contributed by atoms with Gasteiger partial charge in [-0.1, -0.05) is 18.2 Å². The topological polar surface area (TPSA) is 166 Å². The summed E-state index contributed by atoms with van der Waals surface area (Å²) < 4.78 is 8.43. The van der Waals surface area contributed by atoms with E-state index in [0.29, 0.717) is 39.3 Å². The molecule has 8 rings (SSSR count). The molecule has 0 aliphatic carbocycles. The van der Waals surface area contributed by atoms with Crippen LogP contribution in [0.1, 0.15) is 58.0 Å². The average Bonchev–Trinajstić information content (AvgIpc) is 3.62. The van der Waals surface area contributed by atoms with E-state index in [9.17, 15) is 19.2 Å². The van der Waals surface area contributed by atoms with Gasteiger partial charge in [0.05, 0.1) is 22.6 Å². The number of nitrogens with two attached hydrogens (primary N) is 1. The minimum absolute atomic E-state index is 0.0693. The lowest BCUT2D eigenvalue weighted by molar-refractivity contribution is -0.136. The number of fused-ring (bicyclic) bond motifs is 2. The molecule has 3 aliphatic heterocycles. The highest BCUT2D eigenvalue weighted by Crippen LogP contribution is 2.37. The Hall–Kier alpha value is -5.47. The molecule has 13 nitrogen and oxygen atoms in total. The first kappa shape index (κ1) is 31.8. The van der Waals surface area contributed by atoms with Gasteiger partial charge < -0.3 is 10.5 Å². The first-order valence-corrected chi connectivity index (χ1v) is 17.1. The predicted octanol–water partition coefficient (Wildman–Crippen LogP) is 4.87. The van der Waals surface area contributed by atoms with E-state index < -0.39 is 29.7 Å². The quantitative estimate of drug-likeness (QED) is 0.220. The van der Waals surface area contributed by atoms with Gasteiger partial charge in [-0.25, -0.2) is 14.6 Å². The van der Waals surface area contributed by atoms with Crippen LogP contribution in [0.3, 0.4) is 0 Å². The van der Waals surface area contributed by atoms with E-state index in [-0.39, 0.29) is 30.0 Å². The summed E-state index contributed by atoms with van der Waals surface area (Å²) in [6.07, 6.45) is 3.25. The van der Waals surface area contributed by atoms with Crippen LogP contribution >= 0.6 is 15.9 Å². The Balaban J connectivity index is 0.977. The summed E-state index contributed by atoms with van der Waals surface area (Å²) in [5.74, 6) is -0.279. The smallest absolute Gasteiger partial charge is 0.263 e. The first-order chi connectivity index (χ1) is 24.2. The Labute approximate surface area is 294 Å². The molecular weight excluding hydrogens is 704 g/mol. The van der Waals surface area contributed by atoms with Gasteiger partial charge in [0.1, 0.15) is 35.4 Å². The number of halogens is 1. The predicted molar refractivity (Wildman–Crippen MR) is 186 cm³/mol. The molecule has 50 heavy (non-hydrogen) atoms. The number of nitrogens with zero attached hydrogens (tertiary/aromatic N) is 6. The lowest BCUT2D eigenvalue weighted by Crippen LogP contribution is -2.54. The molecule has 4 amide bonds. The molecule has 2 fully saturated rings. The highest BCUT2D eigenvalue weighted by molar-refractivity contribution is 9.10. The van der Waals surface area contributed by atoms with Crippen molar-refractivity contribution in [2.75, 3.05) is 18.8 Å². The van der Waals surface area contributed by atoms with Crippen molar-refractivity contribution in [3.8, 4) is 22.8 Å². The molecule has 2 aromatic heterocycles. The fourth-order valence-electron chi connectivity index (χ4n) is 7.03. The van der Waals surface area contributed by atoms with E-state index in [1.807, 2.05) is 65.3 Å². The molecule has 5 heterocycles. The zero-order chi connectivity index (χ0) is 34.5. The number of nitrogen functional groups attached to an aromatic ring is 1. The van der Waals surface area contributed by atoms with Crippen LogP contribution < -0.4 is 15.8 Å². The molecule has 0 spiro atoms. The number of para-hydroxylation sites is 1. The number of hydrogen-bond acceptors (Lipinski definition) is 10. The van der Waals surface area contributed by atoms with Gasteiger partial charge in [0.25, 0.3) is 11.8 Å². The van der Waals surface area contributed by atoms with Gasteiger partial charge in [-0.05, 0) is 89.3 Å². The number of anilines is 1. The number of hydrogen-bond donors (Lipinski definition) is 2. The number of likely N-dealkylation sites (tertiary alicyclic amines) is 1. The van der Waals surface area contributed by atoms with Crippen molar-refractivity contribution in [2.45, 2.75) is 44.3 Å². The summed E-state index contributed by atoms with van der Waals surface area (Å²) in [5.41, 5.74) is 10.0. The molecule has 5 aromatic rings. The van der Waals surface area contributed by atoms with E-state index in [0.717, 1.165) is 47.7 Å². The maximum absolute atomic E-state index is 13.4. The van der Waals surface area contributed by atoms with Crippen LogP contribution in [-0.4, -0.2) is 72.3 Å². The number of imide groups is 2. The molecule has 2 saturated heterocycles. The molecule has 3 aromatic carbocycles. The maximum atomic E-state index is 13.4.